The molecule has 23 heavy (non-hydrogen) atoms. The summed E-state index contributed by atoms with van der Waals surface area (Å²) in [5.74, 6) is -2.63. The molecule has 0 saturated heterocycles. The first-order chi connectivity index (χ1) is 10.8. The van der Waals surface area contributed by atoms with E-state index in [1.807, 2.05) is 0 Å². The van der Waals surface area contributed by atoms with Gasteiger partial charge in [0.05, 0.1) is 0 Å². The monoisotopic (exact) mass is 368 g/mol. The van der Waals surface area contributed by atoms with Gasteiger partial charge in [0.2, 0.25) is 0 Å². The first-order valence-electron chi connectivity index (χ1n) is 9.75. The van der Waals surface area contributed by atoms with Crippen LogP contribution in [-0.2, 0) is 4.79 Å². The Kier molecular flexibility index (Phi) is 16.1. The number of unbranched alkanes of at least 4 members (excludes halogenated alkanes) is 4. The van der Waals surface area contributed by atoms with Crippen molar-refractivity contribution in [3.63, 3.8) is 0 Å². The van der Waals surface area contributed by atoms with E-state index >= 15 is 0 Å². The number of hydrogen-bond donors (Lipinski definition) is 1. The topological polar surface area (TPSA) is 37.3 Å². The van der Waals surface area contributed by atoms with Crippen LogP contribution in [0.15, 0.2) is 0 Å². The second kappa shape index (κ2) is 14.5. The van der Waals surface area contributed by atoms with Crippen molar-refractivity contribution in [2.75, 3.05) is 24.6 Å². The first kappa shape index (κ1) is 25.4. The van der Waals surface area contributed by atoms with Crippen LogP contribution < -0.4 is 0 Å². The van der Waals surface area contributed by atoms with Crippen LogP contribution in [0.3, 0.4) is 0 Å². The van der Waals surface area contributed by atoms with Crippen molar-refractivity contribution in [2.24, 2.45) is 0 Å². The summed E-state index contributed by atoms with van der Waals surface area (Å²) in [6.07, 6.45) is 16.2. The van der Waals surface area contributed by atoms with Gasteiger partial charge in [-0.3, -0.25) is 4.79 Å². The van der Waals surface area contributed by atoms with E-state index in [1.165, 1.54) is 76.0 Å². The minimum atomic E-state index is -1.89. The summed E-state index contributed by atoms with van der Waals surface area (Å²) in [5, 5.41) is 7.72. The second-order valence-corrected chi connectivity index (χ2v) is 15.2. The summed E-state index contributed by atoms with van der Waals surface area (Å²) < 4.78 is 0. The van der Waals surface area contributed by atoms with Crippen LogP contribution in [0, 0.1) is 0 Å². The summed E-state index contributed by atoms with van der Waals surface area (Å²) in [4.78, 5) is 9.37. The molecule has 0 bridgehead atoms. The quantitative estimate of drug-likeness (QED) is 0.344. The molecule has 0 fully saturated rings. The Morgan fingerprint density at radius 1 is 0.739 bits per heavy atom. The summed E-state index contributed by atoms with van der Waals surface area (Å²) in [7, 11) is 0. The van der Waals surface area contributed by atoms with Crippen LogP contribution in [0.1, 0.15) is 92.4 Å². The Labute approximate surface area is 150 Å². The number of carboxylic acid groups (broad SMARTS) is 1. The molecule has 0 radical (unpaired) electrons. The molecule has 0 amide bonds. The van der Waals surface area contributed by atoms with Crippen molar-refractivity contribution in [2.45, 2.75) is 92.4 Å². The number of aliphatic carboxylic acids is 1. The Hall–Kier alpha value is 0.190. The molecule has 0 aliphatic heterocycles. The van der Waals surface area contributed by atoms with Crippen LogP contribution in [0.5, 0.6) is 0 Å². The van der Waals surface area contributed by atoms with Crippen molar-refractivity contribution in [1.82, 2.24) is 0 Å². The molecule has 1 N–H and O–H groups in total. The van der Waals surface area contributed by atoms with Gasteiger partial charge < -0.3 is 5.11 Å². The van der Waals surface area contributed by atoms with Crippen molar-refractivity contribution >= 4 is 23.2 Å². The van der Waals surface area contributed by atoms with Crippen LogP contribution in [0.25, 0.3) is 0 Å². The molecule has 0 aromatic carbocycles. The van der Waals surface area contributed by atoms with Crippen LogP contribution in [0.4, 0.5) is 0 Å². The number of hydrogen-bond acceptors (Lipinski definition) is 1. The molecule has 4 heteroatoms. The molecule has 2 nitrogen and oxygen atoms in total. The van der Waals surface area contributed by atoms with E-state index in [-0.39, 0.29) is 6.42 Å². The van der Waals surface area contributed by atoms with E-state index in [4.69, 9.17) is 16.3 Å². The molecule has 0 aromatic rings. The van der Waals surface area contributed by atoms with E-state index in [0.29, 0.717) is 0 Å². The fourth-order valence-electron chi connectivity index (χ4n) is 2.88. The van der Waals surface area contributed by atoms with E-state index in [0.717, 1.165) is 0 Å². The SMILES string of the molecule is CCC(=O)O.CCCCP(Cl)(CCCC)(CCCC)CCCC. The van der Waals surface area contributed by atoms with Gasteiger partial charge >= 0.3 is 127 Å². The van der Waals surface area contributed by atoms with Crippen molar-refractivity contribution < 1.29 is 9.90 Å². The molecule has 0 rings (SSSR count). The number of rotatable bonds is 13. The molecule has 0 heterocycles. The summed E-state index contributed by atoms with van der Waals surface area (Å²) in [6, 6.07) is 0. The van der Waals surface area contributed by atoms with Gasteiger partial charge in [-0.05, 0) is 0 Å². The van der Waals surface area contributed by atoms with Gasteiger partial charge in [-0.2, -0.15) is 0 Å². The van der Waals surface area contributed by atoms with Crippen LogP contribution in [0.2, 0.25) is 0 Å². The normalized spacial score (nSPS) is 12.9. The summed E-state index contributed by atoms with van der Waals surface area (Å²) in [6.45, 7) is 10.8. The Morgan fingerprint density at radius 2 is 0.957 bits per heavy atom. The maximum absolute atomic E-state index is 9.37. The van der Waals surface area contributed by atoms with Gasteiger partial charge in [0.15, 0.2) is 0 Å². The van der Waals surface area contributed by atoms with Crippen molar-refractivity contribution in [3.05, 3.63) is 0 Å². The fourth-order valence-corrected chi connectivity index (χ4v) is 10.1. The van der Waals surface area contributed by atoms with Crippen LogP contribution in [-0.4, -0.2) is 35.7 Å². The molecule has 0 aliphatic rings. The third kappa shape index (κ3) is 13.2. The summed E-state index contributed by atoms with van der Waals surface area (Å²) >= 11 is 7.44. The molecule has 0 unspecified atom stereocenters. The van der Waals surface area contributed by atoms with E-state index in [2.05, 4.69) is 27.7 Å². The summed E-state index contributed by atoms with van der Waals surface area (Å²) in [5.41, 5.74) is 0. The van der Waals surface area contributed by atoms with Crippen molar-refractivity contribution in [1.29, 1.82) is 0 Å². The van der Waals surface area contributed by atoms with Gasteiger partial charge in [0.1, 0.15) is 0 Å². The van der Waals surface area contributed by atoms with E-state index < -0.39 is 11.9 Å². The van der Waals surface area contributed by atoms with Gasteiger partial charge in [-0.1, -0.05) is 6.92 Å². The minimum absolute atomic E-state index is 0.222. The second-order valence-electron chi connectivity index (χ2n) is 6.88. The Bertz CT molecular complexity index is 252. The van der Waals surface area contributed by atoms with Crippen molar-refractivity contribution in [3.8, 4) is 0 Å². The number of carbonyl (C=O) groups is 1. The maximum atomic E-state index is 9.37. The Balaban J connectivity index is 0. The number of halogens is 1. The molecular formula is C19H42ClO2P. The molecular weight excluding hydrogens is 327 g/mol. The van der Waals surface area contributed by atoms with Gasteiger partial charge in [0, 0.05) is 6.42 Å². The molecule has 142 valence electrons. The third-order valence-electron chi connectivity index (χ3n) is 4.58. The molecule has 0 spiro atoms. The average Bonchev–Trinajstić information content (AvgIpc) is 2.56. The zero-order valence-corrected chi connectivity index (χ0v) is 18.0. The molecule has 0 saturated carbocycles. The predicted octanol–water partition coefficient (Wildman–Crippen LogP) is 7.37. The van der Waals surface area contributed by atoms with Gasteiger partial charge in [-0.25, -0.2) is 0 Å². The van der Waals surface area contributed by atoms with Crippen LogP contribution >= 0.6 is 17.2 Å². The van der Waals surface area contributed by atoms with E-state index in [1.54, 1.807) is 6.92 Å². The molecule has 0 atom stereocenters. The standard InChI is InChI=1S/C16H36ClP.C3H6O2/c1-5-9-13-18(17,14-10-6-2,15-11-7-3)16-12-8-4;1-2-3(4)5/h5-16H2,1-4H3;2H2,1H3,(H,4,5). The van der Waals surface area contributed by atoms with E-state index in [9.17, 15) is 4.79 Å². The first-order valence-corrected chi connectivity index (χ1v) is 13.6. The Morgan fingerprint density at radius 3 is 1.09 bits per heavy atom. The molecule has 0 aromatic heterocycles. The zero-order valence-electron chi connectivity index (χ0n) is 16.4. The number of carboxylic acids is 1. The third-order valence-corrected chi connectivity index (χ3v) is 12.3. The zero-order chi connectivity index (χ0) is 18.2. The van der Waals surface area contributed by atoms with Gasteiger partial charge in [0.25, 0.3) is 0 Å². The molecule has 0 aliphatic carbocycles. The fraction of sp³-hybridized carbons (Fsp3) is 0.947. The van der Waals surface area contributed by atoms with Gasteiger partial charge in [-0.15, -0.1) is 0 Å². The average molecular weight is 369 g/mol. The predicted molar refractivity (Wildman–Crippen MR) is 110 cm³/mol.